The molecule has 2 unspecified atom stereocenters. The molecule has 0 aliphatic carbocycles. The summed E-state index contributed by atoms with van der Waals surface area (Å²) < 4.78 is 11.0. The molecule has 0 aliphatic heterocycles. The van der Waals surface area contributed by atoms with Gasteiger partial charge in [-0.25, -0.2) is 0 Å². The first-order valence-corrected chi connectivity index (χ1v) is 11.9. The quantitative estimate of drug-likeness (QED) is 0.174. The Balaban J connectivity index is 3.87. The number of ether oxygens (including phenoxy) is 2. The van der Waals surface area contributed by atoms with E-state index >= 15 is 0 Å². The van der Waals surface area contributed by atoms with Crippen molar-refractivity contribution in [1.82, 2.24) is 0 Å². The number of carbonyl (C=O) groups excluding carboxylic acids is 2. The maximum atomic E-state index is 12.1. The summed E-state index contributed by atoms with van der Waals surface area (Å²) in [5.41, 5.74) is 0. The van der Waals surface area contributed by atoms with Crippen molar-refractivity contribution in [3.8, 4) is 0 Å². The van der Waals surface area contributed by atoms with Crippen LogP contribution in [-0.2, 0) is 19.1 Å². The largest absolute Gasteiger partial charge is 0.465 e. The third-order valence-corrected chi connectivity index (χ3v) is 5.30. The van der Waals surface area contributed by atoms with Crippen LogP contribution < -0.4 is 0 Å². The number of hydrogen-bond acceptors (Lipinski definition) is 4. The topological polar surface area (TPSA) is 52.6 Å². The smallest absolute Gasteiger partial charge is 0.306 e. The Morgan fingerprint density at radius 3 is 1.64 bits per heavy atom. The Morgan fingerprint density at radius 1 is 0.679 bits per heavy atom. The standard InChI is InChI=1S/C24H46O4/c1-5-8-10-12-14-16-18-23(25)27-20-21(4)22(7-3)28-24(26)19-17-15-13-11-9-6-2/h21-22H,5-20H2,1-4H3. The summed E-state index contributed by atoms with van der Waals surface area (Å²) in [6.45, 7) is 8.74. The first-order chi connectivity index (χ1) is 13.5. The molecule has 4 heteroatoms. The van der Waals surface area contributed by atoms with Gasteiger partial charge in [0.05, 0.1) is 6.61 Å². The van der Waals surface area contributed by atoms with Crippen LogP contribution in [-0.4, -0.2) is 24.6 Å². The first-order valence-electron chi connectivity index (χ1n) is 11.9. The summed E-state index contributed by atoms with van der Waals surface area (Å²) >= 11 is 0. The molecule has 0 aliphatic rings. The van der Waals surface area contributed by atoms with Gasteiger partial charge >= 0.3 is 11.9 Å². The molecule has 0 aromatic heterocycles. The van der Waals surface area contributed by atoms with Gasteiger partial charge in [-0.3, -0.25) is 9.59 Å². The van der Waals surface area contributed by atoms with Crippen molar-refractivity contribution in [3.63, 3.8) is 0 Å². The second-order valence-corrected chi connectivity index (χ2v) is 8.13. The third kappa shape index (κ3) is 15.9. The zero-order valence-electron chi connectivity index (χ0n) is 19.1. The number of carbonyl (C=O) groups is 2. The Kier molecular flexibility index (Phi) is 18.5. The van der Waals surface area contributed by atoms with E-state index in [9.17, 15) is 9.59 Å². The Bertz CT molecular complexity index is 381. The highest BCUT2D eigenvalue weighted by molar-refractivity contribution is 5.70. The third-order valence-electron chi connectivity index (χ3n) is 5.30. The van der Waals surface area contributed by atoms with Crippen LogP contribution in [0.4, 0.5) is 0 Å². The minimum atomic E-state index is -0.172. The lowest BCUT2D eigenvalue weighted by Gasteiger charge is -2.23. The molecule has 0 amide bonds. The molecule has 0 bridgehead atoms. The lowest BCUT2D eigenvalue weighted by molar-refractivity contribution is -0.155. The van der Waals surface area contributed by atoms with Gasteiger partial charge in [-0.1, -0.05) is 91.9 Å². The van der Waals surface area contributed by atoms with Crippen LogP contribution in [0, 0.1) is 5.92 Å². The van der Waals surface area contributed by atoms with Crippen LogP contribution >= 0.6 is 0 Å². The molecule has 0 radical (unpaired) electrons. The SMILES string of the molecule is CCCCCCCCC(=O)OCC(C)C(CC)OC(=O)CCCCCCCC. The number of esters is 2. The molecule has 4 nitrogen and oxygen atoms in total. The molecular formula is C24H46O4. The number of hydrogen-bond donors (Lipinski definition) is 0. The molecule has 0 heterocycles. The van der Waals surface area contributed by atoms with Gasteiger partial charge in [0.1, 0.15) is 6.10 Å². The minimum absolute atomic E-state index is 0.0343. The molecule has 0 aromatic rings. The van der Waals surface area contributed by atoms with E-state index < -0.39 is 0 Å². The normalized spacial score (nSPS) is 13.1. The second-order valence-electron chi connectivity index (χ2n) is 8.13. The maximum Gasteiger partial charge on any atom is 0.306 e. The summed E-state index contributed by atoms with van der Waals surface area (Å²) in [5, 5.41) is 0. The van der Waals surface area contributed by atoms with Crippen LogP contribution in [0.25, 0.3) is 0 Å². The molecule has 0 N–H and O–H groups in total. The van der Waals surface area contributed by atoms with Gasteiger partial charge in [-0.15, -0.1) is 0 Å². The average Bonchev–Trinajstić information content (AvgIpc) is 2.69. The van der Waals surface area contributed by atoms with E-state index in [1.165, 1.54) is 51.4 Å². The highest BCUT2D eigenvalue weighted by Gasteiger charge is 2.21. The van der Waals surface area contributed by atoms with Gasteiger partial charge in [-0.2, -0.15) is 0 Å². The average molecular weight is 399 g/mol. The Labute approximate surface area is 174 Å². The summed E-state index contributed by atoms with van der Waals surface area (Å²) in [5.74, 6) is -0.213. The fraction of sp³-hybridized carbons (Fsp3) is 0.917. The summed E-state index contributed by atoms with van der Waals surface area (Å²) in [7, 11) is 0. The Morgan fingerprint density at radius 2 is 1.14 bits per heavy atom. The van der Waals surface area contributed by atoms with Crippen molar-refractivity contribution in [3.05, 3.63) is 0 Å². The lowest BCUT2D eigenvalue weighted by atomic mass is 10.0. The molecule has 0 saturated carbocycles. The Hall–Kier alpha value is -1.06. The van der Waals surface area contributed by atoms with E-state index in [1.54, 1.807) is 0 Å². The van der Waals surface area contributed by atoms with Crippen LogP contribution in [0.2, 0.25) is 0 Å². The highest BCUT2D eigenvalue weighted by Crippen LogP contribution is 2.15. The van der Waals surface area contributed by atoms with Gasteiger partial charge in [0, 0.05) is 18.8 Å². The van der Waals surface area contributed by atoms with Crippen molar-refractivity contribution < 1.29 is 19.1 Å². The van der Waals surface area contributed by atoms with Crippen molar-refractivity contribution in [2.75, 3.05) is 6.61 Å². The zero-order chi connectivity index (χ0) is 21.0. The van der Waals surface area contributed by atoms with Crippen LogP contribution in [0.3, 0.4) is 0 Å². The predicted molar refractivity (Wildman–Crippen MR) is 116 cm³/mol. The van der Waals surface area contributed by atoms with Crippen molar-refractivity contribution in [2.24, 2.45) is 5.92 Å². The van der Waals surface area contributed by atoms with Crippen LogP contribution in [0.1, 0.15) is 124 Å². The molecule has 0 fully saturated rings. The van der Waals surface area contributed by atoms with E-state index in [0.717, 1.165) is 32.1 Å². The van der Waals surface area contributed by atoms with Gasteiger partial charge in [0.2, 0.25) is 0 Å². The first kappa shape index (κ1) is 26.9. The van der Waals surface area contributed by atoms with Gasteiger partial charge in [0.15, 0.2) is 0 Å². The molecule has 28 heavy (non-hydrogen) atoms. The van der Waals surface area contributed by atoms with E-state index in [-0.39, 0.29) is 24.0 Å². The van der Waals surface area contributed by atoms with Crippen LogP contribution in [0.5, 0.6) is 0 Å². The van der Waals surface area contributed by atoms with E-state index in [1.807, 2.05) is 13.8 Å². The fourth-order valence-electron chi connectivity index (χ4n) is 3.33. The highest BCUT2D eigenvalue weighted by atomic mass is 16.6. The number of rotatable bonds is 19. The van der Waals surface area contributed by atoms with Gasteiger partial charge in [0.25, 0.3) is 0 Å². The van der Waals surface area contributed by atoms with Gasteiger partial charge in [-0.05, 0) is 19.3 Å². The van der Waals surface area contributed by atoms with Gasteiger partial charge < -0.3 is 9.47 Å². The van der Waals surface area contributed by atoms with E-state index in [2.05, 4.69) is 13.8 Å². The molecule has 166 valence electrons. The van der Waals surface area contributed by atoms with Crippen LogP contribution in [0.15, 0.2) is 0 Å². The predicted octanol–water partition coefficient (Wildman–Crippen LogP) is 6.99. The number of unbranched alkanes of at least 4 members (excludes halogenated alkanes) is 10. The molecule has 2 atom stereocenters. The fourth-order valence-corrected chi connectivity index (χ4v) is 3.33. The van der Waals surface area contributed by atoms with Crippen molar-refractivity contribution in [2.45, 2.75) is 130 Å². The van der Waals surface area contributed by atoms with E-state index in [4.69, 9.17) is 9.47 Å². The molecule has 0 aromatic carbocycles. The molecule has 0 spiro atoms. The summed E-state index contributed by atoms with van der Waals surface area (Å²) in [6, 6.07) is 0. The van der Waals surface area contributed by atoms with Crippen molar-refractivity contribution >= 4 is 11.9 Å². The minimum Gasteiger partial charge on any atom is -0.465 e. The summed E-state index contributed by atoms with van der Waals surface area (Å²) in [4.78, 5) is 24.0. The van der Waals surface area contributed by atoms with Crippen molar-refractivity contribution in [1.29, 1.82) is 0 Å². The molecule has 0 saturated heterocycles. The monoisotopic (exact) mass is 398 g/mol. The van der Waals surface area contributed by atoms with E-state index in [0.29, 0.717) is 19.4 Å². The summed E-state index contributed by atoms with van der Waals surface area (Å²) in [6.07, 6.45) is 15.5. The second kappa shape index (κ2) is 19.3. The molecular weight excluding hydrogens is 352 g/mol. The lowest BCUT2D eigenvalue weighted by Crippen LogP contribution is -2.28. The zero-order valence-corrected chi connectivity index (χ0v) is 19.1. The maximum absolute atomic E-state index is 12.1. The molecule has 0 rings (SSSR count).